The molecule has 0 aliphatic heterocycles. The van der Waals surface area contributed by atoms with Crippen molar-refractivity contribution >= 4 is 34.2 Å². The molecule has 0 atom stereocenters. The van der Waals surface area contributed by atoms with E-state index in [1.165, 1.54) is 11.3 Å². The molecule has 0 aliphatic carbocycles. The van der Waals surface area contributed by atoms with Gasteiger partial charge in [0.25, 0.3) is 0 Å². The topological polar surface area (TPSA) is 30.2 Å². The molecule has 2 heterocycles. The predicted molar refractivity (Wildman–Crippen MR) is 74.1 cm³/mol. The molecule has 0 fully saturated rings. The number of hydrogen-bond donors (Lipinski definition) is 0. The number of ketones is 1. The molecule has 0 saturated carbocycles. The van der Waals surface area contributed by atoms with Crippen molar-refractivity contribution in [2.45, 2.75) is 0 Å². The fraction of sp³-hybridized carbons (Fsp3) is 0. The lowest BCUT2D eigenvalue weighted by Gasteiger charge is -1.94. The highest BCUT2D eigenvalue weighted by Crippen LogP contribution is 2.29. The van der Waals surface area contributed by atoms with Crippen LogP contribution in [0.3, 0.4) is 0 Å². The Morgan fingerprint density at radius 1 is 1.22 bits per heavy atom. The summed E-state index contributed by atoms with van der Waals surface area (Å²) in [6.07, 6.45) is 1.67. The van der Waals surface area contributed by atoms with Gasteiger partial charge in [0, 0.05) is 10.9 Å². The summed E-state index contributed by atoms with van der Waals surface area (Å²) in [7, 11) is 0. The van der Waals surface area contributed by atoms with Gasteiger partial charge in [-0.25, -0.2) is 0 Å². The normalized spacial score (nSPS) is 10.7. The molecule has 2 nitrogen and oxygen atoms in total. The van der Waals surface area contributed by atoms with Gasteiger partial charge < -0.3 is 4.42 Å². The van der Waals surface area contributed by atoms with Gasteiger partial charge in [0.1, 0.15) is 5.58 Å². The largest absolute Gasteiger partial charge is 0.452 e. The summed E-state index contributed by atoms with van der Waals surface area (Å²) >= 11 is 1.41. The molecule has 0 aliphatic rings. The van der Waals surface area contributed by atoms with Crippen LogP contribution >= 0.6 is 11.3 Å². The monoisotopic (exact) mass is 254 g/mol. The lowest BCUT2D eigenvalue weighted by Crippen LogP contribution is -1.98. The number of benzene rings is 1. The first-order valence-electron chi connectivity index (χ1n) is 5.53. The highest BCUT2D eigenvalue weighted by atomic mass is 32.1. The predicted octanol–water partition coefficient (Wildman–Crippen LogP) is 4.37. The van der Waals surface area contributed by atoms with Crippen molar-refractivity contribution < 1.29 is 9.21 Å². The van der Waals surface area contributed by atoms with Gasteiger partial charge in [-0.1, -0.05) is 36.9 Å². The minimum absolute atomic E-state index is 0.0869. The van der Waals surface area contributed by atoms with Gasteiger partial charge in [0.2, 0.25) is 5.78 Å². The van der Waals surface area contributed by atoms with Gasteiger partial charge >= 0.3 is 0 Å². The Hall–Kier alpha value is -2.13. The summed E-state index contributed by atoms with van der Waals surface area (Å²) in [6.45, 7) is 3.77. The second kappa shape index (κ2) is 4.27. The van der Waals surface area contributed by atoms with Gasteiger partial charge in [-0.2, -0.15) is 0 Å². The van der Waals surface area contributed by atoms with Gasteiger partial charge in [0.15, 0.2) is 5.76 Å². The Labute approximate surface area is 108 Å². The van der Waals surface area contributed by atoms with Crippen LogP contribution in [0.1, 0.15) is 21.0 Å². The van der Waals surface area contributed by atoms with E-state index in [1.54, 1.807) is 12.1 Å². The smallest absolute Gasteiger partial charge is 0.238 e. The molecule has 0 spiro atoms. The van der Waals surface area contributed by atoms with Gasteiger partial charge in [0.05, 0.1) is 4.88 Å². The number of para-hydroxylation sites is 1. The molecule has 88 valence electrons. The van der Waals surface area contributed by atoms with Crippen LogP contribution in [0.4, 0.5) is 0 Å². The number of rotatable bonds is 3. The maximum absolute atomic E-state index is 12.3. The summed E-state index contributed by atoms with van der Waals surface area (Å²) in [5, 5.41) is 2.80. The minimum Gasteiger partial charge on any atom is -0.452 e. The lowest BCUT2D eigenvalue weighted by atomic mass is 10.1. The van der Waals surface area contributed by atoms with E-state index in [0.717, 1.165) is 10.9 Å². The van der Waals surface area contributed by atoms with E-state index in [2.05, 4.69) is 6.58 Å². The highest BCUT2D eigenvalue weighted by Gasteiger charge is 2.20. The maximum atomic E-state index is 12.3. The molecule has 2 aromatic heterocycles. The molecule has 0 unspecified atom stereocenters. The molecule has 3 aromatic rings. The number of thiophene rings is 1. The molecule has 0 saturated heterocycles. The van der Waals surface area contributed by atoms with Crippen LogP contribution in [0.5, 0.6) is 0 Å². The molecule has 0 radical (unpaired) electrons. The van der Waals surface area contributed by atoms with Crippen molar-refractivity contribution in [1.29, 1.82) is 0 Å². The van der Waals surface area contributed by atoms with Crippen LogP contribution in [-0.4, -0.2) is 5.78 Å². The quantitative estimate of drug-likeness (QED) is 0.650. The van der Waals surface area contributed by atoms with Crippen LogP contribution in [0, 0.1) is 0 Å². The summed E-state index contributed by atoms with van der Waals surface area (Å²) in [4.78, 5) is 13.0. The van der Waals surface area contributed by atoms with Crippen molar-refractivity contribution in [2.75, 3.05) is 0 Å². The van der Waals surface area contributed by atoms with Gasteiger partial charge in [-0.3, -0.25) is 4.79 Å². The summed E-state index contributed by atoms with van der Waals surface area (Å²) in [5.74, 6) is 0.282. The number of hydrogen-bond acceptors (Lipinski definition) is 3. The first kappa shape index (κ1) is 11.0. The van der Waals surface area contributed by atoms with E-state index >= 15 is 0 Å². The first-order chi connectivity index (χ1) is 8.81. The molecule has 18 heavy (non-hydrogen) atoms. The second-order valence-electron chi connectivity index (χ2n) is 3.85. The number of carbonyl (C=O) groups is 1. The van der Waals surface area contributed by atoms with Crippen molar-refractivity contribution in [3.8, 4) is 0 Å². The Morgan fingerprint density at radius 2 is 2.06 bits per heavy atom. The molecule has 1 aromatic carbocycles. The lowest BCUT2D eigenvalue weighted by molar-refractivity contribution is 0.101. The third-order valence-corrected chi connectivity index (χ3v) is 3.66. The van der Waals surface area contributed by atoms with Crippen molar-refractivity contribution in [2.24, 2.45) is 0 Å². The Morgan fingerprint density at radius 3 is 2.78 bits per heavy atom. The van der Waals surface area contributed by atoms with Crippen LogP contribution in [0.2, 0.25) is 0 Å². The zero-order valence-corrected chi connectivity index (χ0v) is 10.4. The summed E-state index contributed by atoms with van der Waals surface area (Å²) in [6, 6.07) is 11.2. The Balaban J connectivity index is 2.23. The van der Waals surface area contributed by atoms with Crippen molar-refractivity contribution in [3.63, 3.8) is 0 Å². The zero-order valence-electron chi connectivity index (χ0n) is 9.55. The van der Waals surface area contributed by atoms with E-state index in [9.17, 15) is 4.79 Å². The van der Waals surface area contributed by atoms with Crippen LogP contribution in [0.25, 0.3) is 17.0 Å². The molecule has 3 rings (SSSR count). The fourth-order valence-electron chi connectivity index (χ4n) is 1.96. The molecule has 0 amide bonds. The number of carbonyl (C=O) groups excluding carboxylic acids is 1. The third kappa shape index (κ3) is 1.60. The van der Waals surface area contributed by atoms with Crippen LogP contribution in [-0.2, 0) is 0 Å². The molecular weight excluding hydrogens is 244 g/mol. The SMILES string of the molecule is C=Cc1c(C(=O)c2cccs2)oc2ccccc12. The number of fused-ring (bicyclic) bond motifs is 1. The molecule has 3 heteroatoms. The van der Waals surface area contributed by atoms with E-state index < -0.39 is 0 Å². The second-order valence-corrected chi connectivity index (χ2v) is 4.80. The van der Waals surface area contributed by atoms with E-state index in [4.69, 9.17) is 4.42 Å². The Kier molecular flexibility index (Phi) is 2.61. The summed E-state index contributed by atoms with van der Waals surface area (Å²) < 4.78 is 5.66. The van der Waals surface area contributed by atoms with Gasteiger partial charge in [-0.05, 0) is 17.5 Å². The Bertz CT molecular complexity index is 720. The molecule has 0 N–H and O–H groups in total. The fourth-order valence-corrected chi connectivity index (χ4v) is 2.62. The van der Waals surface area contributed by atoms with Crippen molar-refractivity contribution in [1.82, 2.24) is 0 Å². The average molecular weight is 254 g/mol. The van der Waals surface area contributed by atoms with Crippen molar-refractivity contribution in [3.05, 3.63) is 64.6 Å². The highest BCUT2D eigenvalue weighted by molar-refractivity contribution is 7.12. The maximum Gasteiger partial charge on any atom is 0.238 e. The third-order valence-electron chi connectivity index (χ3n) is 2.79. The van der Waals surface area contributed by atoms with Crippen LogP contribution < -0.4 is 0 Å². The summed E-state index contributed by atoms with van der Waals surface area (Å²) in [5.41, 5.74) is 1.48. The molecular formula is C15H10O2S. The first-order valence-corrected chi connectivity index (χ1v) is 6.41. The van der Waals surface area contributed by atoms with Gasteiger partial charge in [-0.15, -0.1) is 11.3 Å². The number of furan rings is 1. The zero-order chi connectivity index (χ0) is 12.5. The standard InChI is InChI=1S/C15H10O2S/c1-2-10-11-6-3-4-7-12(11)17-15(10)14(16)13-8-5-9-18-13/h2-9H,1H2. The van der Waals surface area contributed by atoms with E-state index in [0.29, 0.717) is 16.2 Å². The van der Waals surface area contributed by atoms with E-state index in [1.807, 2.05) is 35.7 Å². The van der Waals surface area contributed by atoms with Crippen LogP contribution in [0.15, 0.2) is 52.8 Å². The molecule has 0 bridgehead atoms. The minimum atomic E-state index is -0.0869. The van der Waals surface area contributed by atoms with E-state index in [-0.39, 0.29) is 5.78 Å². The average Bonchev–Trinajstić information content (AvgIpc) is 3.04.